The van der Waals surface area contributed by atoms with Crippen LogP contribution in [-0.4, -0.2) is 48.8 Å². The van der Waals surface area contributed by atoms with Crippen LogP contribution >= 0.6 is 0 Å². The summed E-state index contributed by atoms with van der Waals surface area (Å²) in [7, 11) is 0. The molecule has 7 heteroatoms. The molecule has 144 valence electrons. The first-order chi connectivity index (χ1) is 13.5. The SMILES string of the molecule is O=C(CN1C(=O)c2ccccc2C1=O)NCC1CCN(c2ccc(F)cc2)C1. The number of hydrogen-bond acceptors (Lipinski definition) is 4. The van der Waals surface area contributed by atoms with E-state index in [-0.39, 0.29) is 24.2 Å². The number of carbonyl (C=O) groups excluding carboxylic acids is 3. The van der Waals surface area contributed by atoms with Gasteiger partial charge in [0.05, 0.1) is 11.1 Å². The van der Waals surface area contributed by atoms with E-state index in [0.29, 0.717) is 17.7 Å². The van der Waals surface area contributed by atoms with E-state index in [1.807, 2.05) is 0 Å². The van der Waals surface area contributed by atoms with Crippen LogP contribution in [0.25, 0.3) is 0 Å². The summed E-state index contributed by atoms with van der Waals surface area (Å²) in [5.41, 5.74) is 1.64. The standard InChI is InChI=1S/C21H20FN3O3/c22-15-5-7-16(8-6-15)24-10-9-14(12-24)11-23-19(26)13-25-20(27)17-3-1-2-4-18(17)21(25)28/h1-8,14H,9-13H2,(H,23,26). The molecule has 1 unspecified atom stereocenters. The summed E-state index contributed by atoms with van der Waals surface area (Å²) in [6.45, 7) is 1.80. The maximum absolute atomic E-state index is 13.1. The molecule has 0 aliphatic carbocycles. The Hall–Kier alpha value is -3.22. The molecular weight excluding hydrogens is 361 g/mol. The van der Waals surface area contributed by atoms with Crippen LogP contribution in [0.5, 0.6) is 0 Å². The third-order valence-corrected chi connectivity index (χ3v) is 5.25. The minimum absolute atomic E-state index is 0.260. The molecule has 2 aliphatic heterocycles. The van der Waals surface area contributed by atoms with E-state index >= 15 is 0 Å². The van der Waals surface area contributed by atoms with Crippen LogP contribution in [0.3, 0.4) is 0 Å². The molecule has 3 amide bonds. The van der Waals surface area contributed by atoms with Gasteiger partial charge >= 0.3 is 0 Å². The number of anilines is 1. The third-order valence-electron chi connectivity index (χ3n) is 5.25. The predicted molar refractivity (Wildman–Crippen MR) is 102 cm³/mol. The van der Waals surface area contributed by atoms with Gasteiger partial charge in [-0.3, -0.25) is 19.3 Å². The van der Waals surface area contributed by atoms with Gasteiger partial charge in [-0.1, -0.05) is 12.1 Å². The fourth-order valence-electron chi connectivity index (χ4n) is 3.73. The molecule has 0 aromatic heterocycles. The molecule has 28 heavy (non-hydrogen) atoms. The Morgan fingerprint density at radius 3 is 2.32 bits per heavy atom. The number of imide groups is 1. The van der Waals surface area contributed by atoms with Gasteiger partial charge < -0.3 is 10.2 Å². The van der Waals surface area contributed by atoms with Crippen LogP contribution in [0.2, 0.25) is 0 Å². The first-order valence-corrected chi connectivity index (χ1v) is 9.25. The van der Waals surface area contributed by atoms with Gasteiger partial charge in [-0.05, 0) is 48.7 Å². The van der Waals surface area contributed by atoms with Gasteiger partial charge in [0.2, 0.25) is 5.91 Å². The van der Waals surface area contributed by atoms with Crippen molar-refractivity contribution in [2.75, 3.05) is 31.1 Å². The van der Waals surface area contributed by atoms with Crippen LogP contribution in [0.4, 0.5) is 10.1 Å². The molecule has 2 aliphatic rings. The lowest BCUT2D eigenvalue weighted by atomic mass is 10.1. The second kappa shape index (κ2) is 7.42. The van der Waals surface area contributed by atoms with Gasteiger partial charge in [0.15, 0.2) is 0 Å². The molecular formula is C21H20FN3O3. The lowest BCUT2D eigenvalue weighted by Gasteiger charge is -2.19. The highest BCUT2D eigenvalue weighted by Gasteiger charge is 2.36. The summed E-state index contributed by atoms with van der Waals surface area (Å²) in [6, 6.07) is 12.9. The first-order valence-electron chi connectivity index (χ1n) is 9.25. The van der Waals surface area contributed by atoms with Crippen molar-refractivity contribution in [3.05, 3.63) is 65.5 Å². The molecule has 4 rings (SSSR count). The fourth-order valence-corrected chi connectivity index (χ4v) is 3.73. The zero-order valence-corrected chi connectivity index (χ0v) is 15.2. The Morgan fingerprint density at radius 2 is 1.68 bits per heavy atom. The van der Waals surface area contributed by atoms with E-state index in [1.165, 1.54) is 12.1 Å². The van der Waals surface area contributed by atoms with Gasteiger partial charge in [0.25, 0.3) is 11.8 Å². The monoisotopic (exact) mass is 381 g/mol. The minimum Gasteiger partial charge on any atom is -0.371 e. The molecule has 0 radical (unpaired) electrons. The maximum atomic E-state index is 13.1. The molecule has 1 fully saturated rings. The van der Waals surface area contributed by atoms with Gasteiger partial charge in [-0.15, -0.1) is 0 Å². The largest absolute Gasteiger partial charge is 0.371 e. The number of amides is 3. The van der Waals surface area contributed by atoms with Crippen molar-refractivity contribution in [2.24, 2.45) is 5.92 Å². The van der Waals surface area contributed by atoms with E-state index in [9.17, 15) is 18.8 Å². The van der Waals surface area contributed by atoms with Crippen molar-refractivity contribution in [1.82, 2.24) is 10.2 Å². The van der Waals surface area contributed by atoms with Gasteiger partial charge in [0.1, 0.15) is 12.4 Å². The fraction of sp³-hybridized carbons (Fsp3) is 0.286. The quantitative estimate of drug-likeness (QED) is 0.805. The van der Waals surface area contributed by atoms with Gasteiger partial charge in [0, 0.05) is 25.3 Å². The van der Waals surface area contributed by atoms with Gasteiger partial charge in [-0.2, -0.15) is 0 Å². The van der Waals surface area contributed by atoms with Crippen LogP contribution in [0.15, 0.2) is 48.5 Å². The van der Waals surface area contributed by atoms with Crippen LogP contribution in [0.1, 0.15) is 27.1 Å². The average Bonchev–Trinajstić information content (AvgIpc) is 3.27. The van der Waals surface area contributed by atoms with E-state index in [4.69, 9.17) is 0 Å². The summed E-state index contributed by atoms with van der Waals surface area (Å²) in [5, 5.41) is 2.83. The zero-order chi connectivity index (χ0) is 19.7. The average molecular weight is 381 g/mol. The van der Waals surface area contributed by atoms with E-state index in [2.05, 4.69) is 10.2 Å². The highest BCUT2D eigenvalue weighted by molar-refractivity contribution is 6.22. The summed E-state index contributed by atoms with van der Waals surface area (Å²) in [5.74, 6) is -1.22. The lowest BCUT2D eigenvalue weighted by Crippen LogP contribution is -2.42. The number of rotatable bonds is 5. The van der Waals surface area contributed by atoms with Crippen LogP contribution < -0.4 is 10.2 Å². The number of hydrogen-bond donors (Lipinski definition) is 1. The molecule has 6 nitrogen and oxygen atoms in total. The van der Waals surface area contributed by atoms with Crippen molar-refractivity contribution in [2.45, 2.75) is 6.42 Å². The molecule has 0 saturated carbocycles. The van der Waals surface area contributed by atoms with Crippen molar-refractivity contribution in [3.8, 4) is 0 Å². The molecule has 2 aromatic rings. The normalized spacial score (nSPS) is 18.5. The topological polar surface area (TPSA) is 69.7 Å². The van der Waals surface area contributed by atoms with E-state index in [0.717, 1.165) is 30.1 Å². The van der Waals surface area contributed by atoms with E-state index < -0.39 is 11.8 Å². The van der Waals surface area contributed by atoms with E-state index in [1.54, 1.807) is 36.4 Å². The number of fused-ring (bicyclic) bond motifs is 1. The highest BCUT2D eigenvalue weighted by Crippen LogP contribution is 2.24. The van der Waals surface area contributed by atoms with Crippen molar-refractivity contribution < 1.29 is 18.8 Å². The molecule has 1 atom stereocenters. The Bertz CT molecular complexity index is 894. The Kier molecular flexibility index (Phi) is 4.81. The van der Waals surface area contributed by atoms with Crippen molar-refractivity contribution in [1.29, 1.82) is 0 Å². The summed E-state index contributed by atoms with van der Waals surface area (Å²) in [4.78, 5) is 40.1. The highest BCUT2D eigenvalue weighted by atomic mass is 19.1. The molecule has 1 saturated heterocycles. The number of nitrogens with zero attached hydrogens (tertiary/aromatic N) is 2. The summed E-state index contributed by atoms with van der Waals surface area (Å²) in [6.07, 6.45) is 0.907. The molecule has 2 heterocycles. The minimum atomic E-state index is -0.431. The number of carbonyl (C=O) groups is 3. The van der Waals surface area contributed by atoms with Gasteiger partial charge in [-0.25, -0.2) is 4.39 Å². The Morgan fingerprint density at radius 1 is 1.04 bits per heavy atom. The lowest BCUT2D eigenvalue weighted by molar-refractivity contribution is -0.121. The van der Waals surface area contributed by atoms with Crippen molar-refractivity contribution >= 4 is 23.4 Å². The summed E-state index contributed by atoms with van der Waals surface area (Å²) >= 11 is 0. The Balaban J connectivity index is 1.28. The summed E-state index contributed by atoms with van der Waals surface area (Å²) < 4.78 is 13.1. The number of benzene rings is 2. The maximum Gasteiger partial charge on any atom is 0.262 e. The molecule has 1 N–H and O–H groups in total. The third kappa shape index (κ3) is 3.47. The van der Waals surface area contributed by atoms with Crippen LogP contribution in [-0.2, 0) is 4.79 Å². The first kappa shape index (κ1) is 18.2. The second-order valence-electron chi connectivity index (χ2n) is 7.12. The molecule has 0 bridgehead atoms. The van der Waals surface area contributed by atoms with Crippen LogP contribution in [0, 0.1) is 11.7 Å². The molecule has 2 aromatic carbocycles. The van der Waals surface area contributed by atoms with Crippen molar-refractivity contribution in [3.63, 3.8) is 0 Å². The number of nitrogens with one attached hydrogen (secondary N) is 1. The second-order valence-corrected chi connectivity index (χ2v) is 7.12. The zero-order valence-electron chi connectivity index (χ0n) is 15.2. The Labute approximate surface area is 161 Å². The smallest absolute Gasteiger partial charge is 0.262 e. The molecule has 0 spiro atoms. The number of halogens is 1. The predicted octanol–water partition coefficient (Wildman–Crippen LogP) is 2.06.